The Morgan fingerprint density at radius 2 is 2.00 bits per heavy atom. The van der Waals surface area contributed by atoms with Crippen molar-refractivity contribution in [3.63, 3.8) is 0 Å². The summed E-state index contributed by atoms with van der Waals surface area (Å²) in [5.74, 6) is 0.468. The SMILES string of the molecule is Nc1ccc([C@@H]2CNC(=O)C2)cc1. The molecule has 1 aromatic carbocycles. The van der Waals surface area contributed by atoms with Gasteiger partial charge in [-0.05, 0) is 17.7 Å². The third-order valence-corrected chi connectivity index (χ3v) is 2.39. The van der Waals surface area contributed by atoms with Crippen LogP contribution in [0.15, 0.2) is 24.3 Å². The van der Waals surface area contributed by atoms with E-state index in [1.165, 1.54) is 5.56 Å². The van der Waals surface area contributed by atoms with Crippen LogP contribution in [0.2, 0.25) is 0 Å². The Bertz CT molecular complexity index is 318. The maximum absolute atomic E-state index is 11.0. The maximum Gasteiger partial charge on any atom is 0.220 e. The van der Waals surface area contributed by atoms with Crippen molar-refractivity contribution in [3.8, 4) is 0 Å². The van der Waals surface area contributed by atoms with E-state index in [1.807, 2.05) is 24.3 Å². The average molecular weight is 176 g/mol. The molecule has 1 amide bonds. The number of nitrogens with one attached hydrogen (secondary N) is 1. The highest BCUT2D eigenvalue weighted by atomic mass is 16.1. The van der Waals surface area contributed by atoms with Gasteiger partial charge in [0.25, 0.3) is 0 Å². The number of amides is 1. The highest BCUT2D eigenvalue weighted by Crippen LogP contribution is 2.23. The molecule has 0 unspecified atom stereocenters. The molecule has 0 bridgehead atoms. The van der Waals surface area contributed by atoms with Crippen molar-refractivity contribution in [2.45, 2.75) is 12.3 Å². The Labute approximate surface area is 76.9 Å². The van der Waals surface area contributed by atoms with Crippen molar-refractivity contribution in [3.05, 3.63) is 29.8 Å². The number of carbonyl (C=O) groups excluding carboxylic acids is 1. The second kappa shape index (κ2) is 3.09. The first-order valence-corrected chi connectivity index (χ1v) is 4.38. The van der Waals surface area contributed by atoms with Crippen molar-refractivity contribution in [2.24, 2.45) is 0 Å². The first-order chi connectivity index (χ1) is 6.25. The zero-order chi connectivity index (χ0) is 9.26. The van der Waals surface area contributed by atoms with Crippen LogP contribution >= 0.6 is 0 Å². The van der Waals surface area contributed by atoms with Crippen molar-refractivity contribution in [1.29, 1.82) is 0 Å². The van der Waals surface area contributed by atoms with Crippen molar-refractivity contribution in [1.82, 2.24) is 5.32 Å². The van der Waals surface area contributed by atoms with E-state index in [0.29, 0.717) is 12.3 Å². The van der Waals surface area contributed by atoms with E-state index in [1.54, 1.807) is 0 Å². The van der Waals surface area contributed by atoms with Crippen molar-refractivity contribution < 1.29 is 4.79 Å². The van der Waals surface area contributed by atoms with Crippen LogP contribution in [0.5, 0.6) is 0 Å². The predicted molar refractivity (Wildman–Crippen MR) is 51.2 cm³/mol. The van der Waals surface area contributed by atoms with Gasteiger partial charge in [-0.3, -0.25) is 4.79 Å². The number of hydrogen-bond donors (Lipinski definition) is 2. The summed E-state index contributed by atoms with van der Waals surface area (Å²) in [6.07, 6.45) is 0.601. The minimum Gasteiger partial charge on any atom is -0.399 e. The molecule has 0 saturated carbocycles. The molecule has 3 heteroatoms. The lowest BCUT2D eigenvalue weighted by atomic mass is 9.98. The molecule has 1 aliphatic rings. The number of benzene rings is 1. The quantitative estimate of drug-likeness (QED) is 0.624. The van der Waals surface area contributed by atoms with E-state index >= 15 is 0 Å². The van der Waals surface area contributed by atoms with Crippen LogP contribution in [0.3, 0.4) is 0 Å². The van der Waals surface area contributed by atoms with Gasteiger partial charge in [0.05, 0.1) is 0 Å². The lowest BCUT2D eigenvalue weighted by Crippen LogP contribution is -2.13. The summed E-state index contributed by atoms with van der Waals surface area (Å²) in [5, 5.41) is 2.81. The summed E-state index contributed by atoms with van der Waals surface area (Å²) >= 11 is 0. The van der Waals surface area contributed by atoms with Crippen molar-refractivity contribution in [2.75, 3.05) is 12.3 Å². The zero-order valence-electron chi connectivity index (χ0n) is 7.29. The first kappa shape index (κ1) is 8.10. The van der Waals surface area contributed by atoms with Crippen LogP contribution < -0.4 is 11.1 Å². The van der Waals surface area contributed by atoms with E-state index < -0.39 is 0 Å². The van der Waals surface area contributed by atoms with Crippen LogP contribution in [0.1, 0.15) is 17.9 Å². The number of hydrogen-bond acceptors (Lipinski definition) is 2. The molecule has 1 atom stereocenters. The molecule has 2 rings (SSSR count). The lowest BCUT2D eigenvalue weighted by molar-refractivity contribution is -0.119. The van der Waals surface area contributed by atoms with Gasteiger partial charge < -0.3 is 11.1 Å². The average Bonchev–Trinajstić information content (AvgIpc) is 2.53. The van der Waals surface area contributed by atoms with E-state index in [-0.39, 0.29) is 5.91 Å². The minimum atomic E-state index is 0.141. The second-order valence-electron chi connectivity index (χ2n) is 3.37. The topological polar surface area (TPSA) is 55.1 Å². The molecule has 1 aromatic rings. The standard InChI is InChI=1S/C10H12N2O/c11-9-3-1-7(2-4-9)8-5-10(13)12-6-8/h1-4,8H,5-6,11H2,(H,12,13)/t8-/m0/s1. The predicted octanol–water partition coefficient (Wildman–Crippen LogP) is 0.872. The van der Waals surface area contributed by atoms with Crippen LogP contribution in [-0.2, 0) is 4.79 Å². The molecule has 0 aliphatic carbocycles. The fourth-order valence-electron chi connectivity index (χ4n) is 1.61. The van der Waals surface area contributed by atoms with Crippen molar-refractivity contribution >= 4 is 11.6 Å². The Hall–Kier alpha value is -1.51. The van der Waals surface area contributed by atoms with Gasteiger partial charge in [-0.25, -0.2) is 0 Å². The summed E-state index contributed by atoms with van der Waals surface area (Å²) < 4.78 is 0. The number of nitrogen functional groups attached to an aromatic ring is 1. The molecule has 1 aliphatic heterocycles. The Morgan fingerprint density at radius 3 is 2.54 bits per heavy atom. The van der Waals surface area contributed by atoms with Crippen LogP contribution in [0.25, 0.3) is 0 Å². The second-order valence-corrected chi connectivity index (χ2v) is 3.37. The summed E-state index contributed by atoms with van der Waals surface area (Å²) in [4.78, 5) is 11.0. The third-order valence-electron chi connectivity index (χ3n) is 2.39. The third kappa shape index (κ3) is 1.64. The highest BCUT2D eigenvalue weighted by molar-refractivity contribution is 5.79. The summed E-state index contributed by atoms with van der Waals surface area (Å²) in [6.45, 7) is 0.753. The van der Waals surface area contributed by atoms with E-state index in [4.69, 9.17) is 5.73 Å². The molecule has 3 N–H and O–H groups in total. The van der Waals surface area contributed by atoms with E-state index in [9.17, 15) is 4.79 Å². The Kier molecular flexibility index (Phi) is 1.93. The molecular weight excluding hydrogens is 164 g/mol. The largest absolute Gasteiger partial charge is 0.399 e. The molecule has 1 fully saturated rings. The summed E-state index contributed by atoms with van der Waals surface area (Å²) in [7, 11) is 0. The van der Waals surface area contributed by atoms with E-state index in [0.717, 1.165) is 12.2 Å². The highest BCUT2D eigenvalue weighted by Gasteiger charge is 2.22. The monoisotopic (exact) mass is 176 g/mol. The van der Waals surface area contributed by atoms with Gasteiger partial charge in [0.1, 0.15) is 0 Å². The maximum atomic E-state index is 11.0. The molecule has 0 radical (unpaired) electrons. The van der Waals surface area contributed by atoms with Gasteiger partial charge in [-0.15, -0.1) is 0 Å². The van der Waals surface area contributed by atoms with Crippen LogP contribution in [0, 0.1) is 0 Å². The van der Waals surface area contributed by atoms with Gasteiger partial charge in [0.2, 0.25) is 5.91 Å². The minimum absolute atomic E-state index is 0.141. The Balaban J connectivity index is 2.17. The zero-order valence-corrected chi connectivity index (χ0v) is 7.29. The molecular formula is C10H12N2O. The van der Waals surface area contributed by atoms with Gasteiger partial charge in [-0.1, -0.05) is 12.1 Å². The number of rotatable bonds is 1. The normalized spacial score (nSPS) is 21.5. The first-order valence-electron chi connectivity index (χ1n) is 4.38. The molecule has 68 valence electrons. The van der Waals surface area contributed by atoms with Gasteiger partial charge in [-0.2, -0.15) is 0 Å². The van der Waals surface area contributed by atoms with E-state index in [2.05, 4.69) is 5.32 Å². The molecule has 1 heterocycles. The number of nitrogens with two attached hydrogens (primary N) is 1. The van der Waals surface area contributed by atoms with Gasteiger partial charge in [0, 0.05) is 24.6 Å². The van der Waals surface area contributed by atoms with Crippen LogP contribution in [-0.4, -0.2) is 12.5 Å². The number of anilines is 1. The number of carbonyl (C=O) groups is 1. The molecule has 0 aromatic heterocycles. The Morgan fingerprint density at radius 1 is 1.31 bits per heavy atom. The molecule has 1 saturated heterocycles. The fraction of sp³-hybridized carbons (Fsp3) is 0.300. The lowest BCUT2D eigenvalue weighted by Gasteiger charge is -2.06. The van der Waals surface area contributed by atoms with Crippen LogP contribution in [0.4, 0.5) is 5.69 Å². The molecule has 0 spiro atoms. The fourth-order valence-corrected chi connectivity index (χ4v) is 1.61. The smallest absolute Gasteiger partial charge is 0.220 e. The van der Waals surface area contributed by atoms with Gasteiger partial charge in [0.15, 0.2) is 0 Å². The summed E-state index contributed by atoms with van der Waals surface area (Å²) in [5.41, 5.74) is 7.52. The molecule has 13 heavy (non-hydrogen) atoms. The van der Waals surface area contributed by atoms with Gasteiger partial charge >= 0.3 is 0 Å². The molecule has 3 nitrogen and oxygen atoms in total. The summed E-state index contributed by atoms with van der Waals surface area (Å²) in [6, 6.07) is 7.72.